The molecule has 194 valence electrons. The smallest absolute Gasteiger partial charge is 0.326 e. The second-order valence-corrected chi connectivity index (χ2v) is 10.7. The third-order valence-corrected chi connectivity index (χ3v) is 7.10. The van der Waals surface area contributed by atoms with Crippen LogP contribution in [0.5, 0.6) is 0 Å². The first-order valence-corrected chi connectivity index (χ1v) is 13.3. The number of hydrogen-bond donors (Lipinski definition) is 3. The lowest BCUT2D eigenvalue weighted by atomic mass is 9.97. The van der Waals surface area contributed by atoms with Crippen LogP contribution in [0.1, 0.15) is 21.5 Å². The van der Waals surface area contributed by atoms with Crippen LogP contribution in [-0.2, 0) is 32.6 Å². The molecule has 0 fully saturated rings. The van der Waals surface area contributed by atoms with Gasteiger partial charge in [0.05, 0.1) is 16.8 Å². The summed E-state index contributed by atoms with van der Waals surface area (Å²) in [6.45, 7) is -0.791. The molecule has 0 aromatic heterocycles. The number of carbonyl (C=O) groups excluding carboxylic acids is 1. The monoisotopic (exact) mass is 544 g/mol. The molecular weight excluding hydrogens is 520 g/mol. The summed E-state index contributed by atoms with van der Waals surface area (Å²) in [5, 5.41) is 21.5. The van der Waals surface area contributed by atoms with Crippen molar-refractivity contribution in [2.75, 3.05) is 12.8 Å². The number of amides is 1. The maximum Gasteiger partial charge on any atom is 0.326 e. The molecule has 11 heteroatoms. The van der Waals surface area contributed by atoms with E-state index in [1.54, 1.807) is 66.7 Å². The molecule has 0 saturated heterocycles. The molecule has 0 heterocycles. The van der Waals surface area contributed by atoms with Crippen LogP contribution in [0.4, 0.5) is 0 Å². The van der Waals surface area contributed by atoms with E-state index in [9.17, 15) is 27.9 Å². The maximum absolute atomic E-state index is 12.5. The minimum atomic E-state index is -3.76. The molecule has 1 unspecified atom stereocenters. The van der Waals surface area contributed by atoms with Crippen molar-refractivity contribution in [3.8, 4) is 11.1 Å². The normalized spacial score (nSPS) is 12.2. The molecule has 3 aromatic rings. The number of halogens is 1. The average Bonchev–Trinajstić information content (AvgIpc) is 2.83. The van der Waals surface area contributed by atoms with E-state index >= 15 is 0 Å². The number of benzene rings is 3. The van der Waals surface area contributed by atoms with Crippen molar-refractivity contribution in [2.24, 2.45) is 0 Å². The molecule has 37 heavy (non-hydrogen) atoms. The van der Waals surface area contributed by atoms with Crippen LogP contribution < -0.4 is 5.32 Å². The SMILES string of the molecule is CS(=O)(=O)N(CC(=O)O)Cc1ccccc1-c1ccc(CC(NC(=O)c2ccccc2Cl)C(=O)O)cc1. The van der Waals surface area contributed by atoms with Crippen molar-refractivity contribution in [2.45, 2.75) is 19.0 Å². The van der Waals surface area contributed by atoms with Gasteiger partial charge in [-0.2, -0.15) is 4.31 Å². The van der Waals surface area contributed by atoms with Gasteiger partial charge in [-0.25, -0.2) is 13.2 Å². The first kappa shape index (κ1) is 27.9. The summed E-state index contributed by atoms with van der Waals surface area (Å²) in [6, 6.07) is 19.1. The number of aliphatic carboxylic acids is 2. The van der Waals surface area contributed by atoms with Gasteiger partial charge < -0.3 is 15.5 Å². The lowest BCUT2D eigenvalue weighted by Gasteiger charge is -2.20. The number of hydrogen-bond acceptors (Lipinski definition) is 5. The predicted molar refractivity (Wildman–Crippen MR) is 139 cm³/mol. The quantitative estimate of drug-likeness (QED) is 0.336. The molecule has 0 spiro atoms. The number of sulfonamides is 1. The Labute approximate surface area is 219 Å². The number of nitrogens with zero attached hydrogens (tertiary/aromatic N) is 1. The molecule has 9 nitrogen and oxygen atoms in total. The zero-order valence-corrected chi connectivity index (χ0v) is 21.4. The molecule has 0 bridgehead atoms. The van der Waals surface area contributed by atoms with E-state index in [1.807, 2.05) is 0 Å². The number of carboxylic acid groups (broad SMARTS) is 2. The minimum Gasteiger partial charge on any atom is -0.480 e. The fourth-order valence-electron chi connectivity index (χ4n) is 3.71. The number of rotatable bonds is 11. The Morgan fingerprint density at radius 3 is 2.16 bits per heavy atom. The highest BCUT2D eigenvalue weighted by molar-refractivity contribution is 7.88. The van der Waals surface area contributed by atoms with Crippen LogP contribution in [0.25, 0.3) is 11.1 Å². The number of nitrogens with one attached hydrogen (secondary N) is 1. The van der Waals surface area contributed by atoms with Gasteiger partial charge in [-0.15, -0.1) is 0 Å². The zero-order chi connectivity index (χ0) is 27.2. The average molecular weight is 545 g/mol. The van der Waals surface area contributed by atoms with Crippen molar-refractivity contribution in [1.82, 2.24) is 9.62 Å². The van der Waals surface area contributed by atoms with Crippen molar-refractivity contribution in [1.29, 1.82) is 0 Å². The topological polar surface area (TPSA) is 141 Å². The van der Waals surface area contributed by atoms with Crippen LogP contribution >= 0.6 is 11.6 Å². The maximum atomic E-state index is 12.5. The summed E-state index contributed by atoms with van der Waals surface area (Å²) in [5.74, 6) is -3.06. The van der Waals surface area contributed by atoms with E-state index in [-0.39, 0.29) is 23.6 Å². The van der Waals surface area contributed by atoms with Crippen molar-refractivity contribution in [3.05, 3.63) is 94.5 Å². The zero-order valence-electron chi connectivity index (χ0n) is 19.8. The Morgan fingerprint density at radius 2 is 1.57 bits per heavy atom. The Hall–Kier alpha value is -3.73. The van der Waals surface area contributed by atoms with E-state index in [0.717, 1.165) is 16.1 Å². The first-order valence-electron chi connectivity index (χ1n) is 11.1. The van der Waals surface area contributed by atoms with Gasteiger partial charge in [0, 0.05) is 13.0 Å². The largest absolute Gasteiger partial charge is 0.480 e. The Kier molecular flexibility index (Phi) is 9.04. The highest BCUT2D eigenvalue weighted by Gasteiger charge is 2.23. The number of carbonyl (C=O) groups is 3. The van der Waals surface area contributed by atoms with Crippen LogP contribution in [0, 0.1) is 0 Å². The van der Waals surface area contributed by atoms with Crippen LogP contribution in [0.3, 0.4) is 0 Å². The molecule has 1 atom stereocenters. The highest BCUT2D eigenvalue weighted by Crippen LogP contribution is 2.26. The molecule has 3 aromatic carbocycles. The molecule has 3 N–H and O–H groups in total. The summed E-state index contributed by atoms with van der Waals surface area (Å²) in [7, 11) is -3.76. The summed E-state index contributed by atoms with van der Waals surface area (Å²) in [5.41, 5.74) is 2.87. The summed E-state index contributed by atoms with van der Waals surface area (Å²) >= 11 is 6.04. The Bertz CT molecular complexity index is 1410. The van der Waals surface area contributed by atoms with Gasteiger partial charge in [0.2, 0.25) is 10.0 Å². The summed E-state index contributed by atoms with van der Waals surface area (Å²) in [4.78, 5) is 35.5. The van der Waals surface area contributed by atoms with E-state index in [0.29, 0.717) is 16.7 Å². The minimum absolute atomic E-state index is 0.0217. The predicted octanol–water partition coefficient (Wildman–Crippen LogP) is 3.28. The fourth-order valence-corrected chi connectivity index (χ4v) is 4.65. The summed E-state index contributed by atoms with van der Waals surface area (Å²) in [6.07, 6.45) is 0.977. The van der Waals surface area contributed by atoms with Gasteiger partial charge in [-0.05, 0) is 34.4 Å². The summed E-state index contributed by atoms with van der Waals surface area (Å²) < 4.78 is 25.0. The molecular formula is C26H25ClN2O7S. The second-order valence-electron chi connectivity index (χ2n) is 8.33. The molecule has 0 aliphatic heterocycles. The van der Waals surface area contributed by atoms with Crippen molar-refractivity contribution >= 4 is 39.5 Å². The molecule has 0 aliphatic carbocycles. The number of carboxylic acids is 2. The van der Waals surface area contributed by atoms with E-state index in [2.05, 4.69) is 5.32 Å². The Morgan fingerprint density at radius 1 is 0.946 bits per heavy atom. The molecule has 1 amide bonds. The standard InChI is InChI=1S/C26H25ClN2O7S/c1-37(35,36)29(16-24(30)31)15-19-6-2-3-7-20(19)18-12-10-17(11-13-18)14-23(26(33)34)28-25(32)21-8-4-5-9-22(21)27/h2-13,23H,14-16H2,1H3,(H,28,32)(H,30,31)(H,33,34). The Balaban J connectivity index is 1.79. The fraction of sp³-hybridized carbons (Fsp3) is 0.192. The van der Waals surface area contributed by atoms with E-state index < -0.39 is 40.5 Å². The highest BCUT2D eigenvalue weighted by atomic mass is 35.5. The van der Waals surface area contributed by atoms with Crippen molar-refractivity contribution in [3.63, 3.8) is 0 Å². The lowest BCUT2D eigenvalue weighted by molar-refractivity contribution is -0.139. The second kappa shape index (κ2) is 12.0. The lowest BCUT2D eigenvalue weighted by Crippen LogP contribution is -2.42. The van der Waals surface area contributed by atoms with Crippen LogP contribution in [0.15, 0.2) is 72.8 Å². The van der Waals surface area contributed by atoms with Crippen LogP contribution in [-0.4, -0.2) is 59.6 Å². The van der Waals surface area contributed by atoms with Gasteiger partial charge in [-0.1, -0.05) is 72.3 Å². The van der Waals surface area contributed by atoms with E-state index in [1.165, 1.54) is 6.07 Å². The molecule has 0 radical (unpaired) electrons. The van der Waals surface area contributed by atoms with Crippen LogP contribution in [0.2, 0.25) is 5.02 Å². The molecule has 0 aliphatic rings. The first-order chi connectivity index (χ1) is 17.5. The van der Waals surface area contributed by atoms with Crippen molar-refractivity contribution < 1.29 is 33.0 Å². The van der Waals surface area contributed by atoms with Gasteiger partial charge in [-0.3, -0.25) is 9.59 Å². The van der Waals surface area contributed by atoms with Gasteiger partial charge >= 0.3 is 11.9 Å². The third-order valence-electron chi connectivity index (χ3n) is 5.57. The molecule has 0 saturated carbocycles. The van der Waals surface area contributed by atoms with Gasteiger partial charge in [0.1, 0.15) is 12.6 Å². The molecule has 3 rings (SSSR count). The van der Waals surface area contributed by atoms with Gasteiger partial charge in [0.15, 0.2) is 0 Å². The third kappa shape index (κ3) is 7.63. The van der Waals surface area contributed by atoms with E-state index in [4.69, 9.17) is 16.7 Å². The van der Waals surface area contributed by atoms with Gasteiger partial charge in [0.25, 0.3) is 5.91 Å².